The minimum absolute atomic E-state index is 0.0371. The molecule has 1 unspecified atom stereocenters. The average Bonchev–Trinajstić information content (AvgIpc) is 3.47. The Kier molecular flexibility index (Phi) is 17.1. The summed E-state index contributed by atoms with van der Waals surface area (Å²) in [6.07, 6.45) is 4.77. The average molecular weight is 971 g/mol. The van der Waals surface area contributed by atoms with E-state index in [0.29, 0.717) is 22.7 Å². The van der Waals surface area contributed by atoms with Gasteiger partial charge in [0.2, 0.25) is 5.69 Å². The van der Waals surface area contributed by atoms with Gasteiger partial charge < -0.3 is 19.3 Å². The Morgan fingerprint density at radius 1 is 0.839 bits per heavy atom. The van der Waals surface area contributed by atoms with Crippen LogP contribution in [0.3, 0.4) is 0 Å². The summed E-state index contributed by atoms with van der Waals surface area (Å²) in [7, 11) is -20.8. The molecule has 0 saturated heterocycles. The summed E-state index contributed by atoms with van der Waals surface area (Å²) in [6.45, 7) is 4.85. The van der Waals surface area contributed by atoms with Gasteiger partial charge in [-0.05, 0) is 70.2 Å². The number of ether oxygens (including phenoxy) is 1. The van der Waals surface area contributed by atoms with E-state index in [9.17, 15) is 62.0 Å². The first kappa shape index (κ1) is 51.9. The molecule has 62 heavy (non-hydrogen) atoms. The van der Waals surface area contributed by atoms with Gasteiger partial charge in [0.15, 0.2) is 5.71 Å². The molecule has 4 rings (SSSR count). The molecule has 26 heteroatoms. The van der Waals surface area contributed by atoms with Gasteiger partial charge in [-0.1, -0.05) is 24.3 Å². The standard InChI is InChI=1S/C36H46N2O16S4.O3S/c1-35(2)30(13-6-14-31-36(3,15-7-19-55(42,43)44)27-11-4-5-12-28(27)37(31)16-8-20-56(45,46)47)38(17-9-21-57(48,49)50)29-24-25(33(39)40)23-26(32(29)35)34(41)54-18-10-22-58(51,52)53;1-4(2)3/h4-6,11-14,23-24H,7-10,15-22H2,1-3H3,(H4-,39,40,42,43,44,45,46,47,48,49,50,51,52,53);. The van der Waals surface area contributed by atoms with E-state index in [1.54, 1.807) is 54.9 Å². The fourth-order valence-corrected chi connectivity index (χ4v) is 9.53. The van der Waals surface area contributed by atoms with Crippen LogP contribution < -0.4 is 4.90 Å². The third-order valence-electron chi connectivity index (χ3n) is 10.0. The Morgan fingerprint density at radius 2 is 1.40 bits per heavy atom. The first-order valence-electron chi connectivity index (χ1n) is 18.4. The minimum atomic E-state index is -4.56. The number of carboxylic acid groups (broad SMARTS) is 1. The Hall–Kier alpha value is -4.41. The second-order valence-electron chi connectivity index (χ2n) is 14.9. The van der Waals surface area contributed by atoms with Crippen LogP contribution in [-0.4, -0.2) is 135 Å². The van der Waals surface area contributed by atoms with Crippen molar-refractivity contribution in [1.29, 1.82) is 0 Å². The van der Waals surface area contributed by atoms with Gasteiger partial charge >= 0.3 is 22.5 Å². The molecule has 0 amide bonds. The summed E-state index contributed by atoms with van der Waals surface area (Å²) in [5.41, 5.74) is 0.417. The van der Waals surface area contributed by atoms with Gasteiger partial charge in [-0.15, -0.1) is 12.6 Å². The highest BCUT2D eigenvalue weighted by atomic mass is 32.2. The van der Waals surface area contributed by atoms with Crippen LogP contribution in [0, 0.1) is 0 Å². The molecule has 0 aromatic heterocycles. The van der Waals surface area contributed by atoms with E-state index in [1.165, 1.54) is 6.07 Å². The van der Waals surface area contributed by atoms with Gasteiger partial charge in [0, 0.05) is 47.7 Å². The Bertz CT molecular complexity index is 2720. The van der Waals surface area contributed by atoms with Crippen LogP contribution in [0.4, 0.5) is 11.4 Å². The molecule has 1 atom stereocenters. The Labute approximate surface area is 360 Å². The van der Waals surface area contributed by atoms with Gasteiger partial charge in [-0.2, -0.15) is 29.8 Å². The molecule has 344 valence electrons. The summed E-state index contributed by atoms with van der Waals surface area (Å²) < 4.78 is 164. The van der Waals surface area contributed by atoms with Gasteiger partial charge in [-0.25, -0.2) is 18.0 Å². The maximum atomic E-state index is 13.5. The maximum absolute atomic E-state index is 13.5. The number of hydrogen-bond acceptors (Lipinski definition) is 16. The molecule has 0 bridgehead atoms. The first-order chi connectivity index (χ1) is 28.4. The second-order valence-corrected chi connectivity index (χ2v) is 21.6. The van der Waals surface area contributed by atoms with Crippen LogP contribution >= 0.6 is 0 Å². The van der Waals surface area contributed by atoms with Gasteiger partial charge in [0.1, 0.15) is 6.54 Å². The van der Waals surface area contributed by atoms with Crippen molar-refractivity contribution in [3.05, 3.63) is 82.6 Å². The molecular weight excluding hydrogens is 925 g/mol. The second kappa shape index (κ2) is 20.4. The van der Waals surface area contributed by atoms with Crippen molar-refractivity contribution in [3.8, 4) is 0 Å². The summed E-state index contributed by atoms with van der Waals surface area (Å²) in [4.78, 5) is 27.7. The van der Waals surface area contributed by atoms with Crippen molar-refractivity contribution in [2.75, 3.05) is 47.6 Å². The van der Waals surface area contributed by atoms with Gasteiger partial charge in [0.25, 0.3) is 30.4 Å². The molecular formula is C36H46N2O19S5. The molecule has 0 radical (unpaired) electrons. The Balaban J connectivity index is 0.00000245. The van der Waals surface area contributed by atoms with Crippen molar-refractivity contribution in [1.82, 2.24) is 0 Å². The molecule has 2 aromatic carbocycles. The molecule has 0 spiro atoms. The number of carbonyl (C=O) groups is 2. The SMILES string of the molecule is CC1(C)C(C=CC=C2N(CCCS(=O)(=O)[O-])c3ccccc3C2(C)CCCS(=O)(=O)O)=[N+](CCCS(=O)(=O)O)c2cc(C(=O)O)cc(C(=O)OCCCS(=O)(=O)O)c21.O=S(=O)=O. The number of carbonyl (C=O) groups excluding carboxylic acids is 1. The number of hydrogen-bond donors (Lipinski definition) is 4. The number of esters is 1. The van der Waals surface area contributed by atoms with Crippen LogP contribution in [0.1, 0.15) is 84.7 Å². The van der Waals surface area contributed by atoms with E-state index >= 15 is 0 Å². The summed E-state index contributed by atoms with van der Waals surface area (Å²) >= 11 is 0. The zero-order valence-corrected chi connectivity index (χ0v) is 37.6. The number of rotatable bonds is 20. The normalized spacial score (nSPS) is 18.0. The lowest BCUT2D eigenvalue weighted by molar-refractivity contribution is -0.437. The smallest absolute Gasteiger partial charge is 0.425 e. The molecule has 2 aliphatic heterocycles. The van der Waals surface area contributed by atoms with E-state index < -0.39 is 103 Å². The molecule has 21 nitrogen and oxygen atoms in total. The zero-order chi connectivity index (χ0) is 47.1. The number of anilines is 1. The number of benzene rings is 2. The van der Waals surface area contributed by atoms with Crippen molar-refractivity contribution < 1.29 is 88.5 Å². The largest absolute Gasteiger partial charge is 0.748 e. The summed E-state index contributed by atoms with van der Waals surface area (Å²) in [5, 5.41) is 10.0. The minimum Gasteiger partial charge on any atom is -0.748 e. The first-order valence-corrected chi connectivity index (χ1v) is 25.8. The predicted octanol–water partition coefficient (Wildman–Crippen LogP) is 2.29. The number of nitrogens with zero attached hydrogens (tertiary/aromatic N) is 2. The van der Waals surface area contributed by atoms with E-state index in [0.717, 1.165) is 11.6 Å². The number of para-hydroxylation sites is 1. The molecule has 0 saturated carbocycles. The number of allylic oxidation sites excluding steroid dienone is 4. The lowest BCUT2D eigenvalue weighted by Gasteiger charge is -2.30. The fourth-order valence-electron chi connectivity index (χ4n) is 7.56. The van der Waals surface area contributed by atoms with E-state index in [2.05, 4.69) is 0 Å². The van der Waals surface area contributed by atoms with Crippen LogP contribution in [0.25, 0.3) is 0 Å². The van der Waals surface area contributed by atoms with Crippen LogP contribution in [0.2, 0.25) is 0 Å². The van der Waals surface area contributed by atoms with Crippen LogP contribution in [-0.2, 0) is 66.6 Å². The topological polar surface area (TPSA) is 341 Å². The van der Waals surface area contributed by atoms with E-state index in [-0.39, 0.29) is 62.0 Å². The highest BCUT2D eigenvalue weighted by Crippen LogP contribution is 2.51. The molecule has 4 N–H and O–H groups in total. The van der Waals surface area contributed by atoms with Crippen LogP contribution in [0.5, 0.6) is 0 Å². The number of carboxylic acids is 1. The number of aromatic carboxylic acids is 1. The summed E-state index contributed by atoms with van der Waals surface area (Å²) in [5.74, 6) is -4.94. The van der Waals surface area contributed by atoms with Crippen molar-refractivity contribution in [3.63, 3.8) is 0 Å². The molecule has 0 fully saturated rings. The fraction of sp³-hybridized carbons (Fsp3) is 0.472. The maximum Gasteiger partial charge on any atom is 0.425 e. The molecule has 2 heterocycles. The van der Waals surface area contributed by atoms with Crippen molar-refractivity contribution in [2.45, 2.75) is 63.7 Å². The van der Waals surface area contributed by atoms with Crippen molar-refractivity contribution >= 4 is 80.1 Å². The summed E-state index contributed by atoms with van der Waals surface area (Å²) in [6, 6.07) is 9.56. The Morgan fingerprint density at radius 3 is 1.97 bits per heavy atom. The highest BCUT2D eigenvalue weighted by Gasteiger charge is 2.48. The third-order valence-corrected chi connectivity index (χ3v) is 13.2. The third kappa shape index (κ3) is 14.6. The van der Waals surface area contributed by atoms with Crippen molar-refractivity contribution in [2.24, 2.45) is 0 Å². The lowest BCUT2D eigenvalue weighted by Crippen LogP contribution is -2.31. The van der Waals surface area contributed by atoms with Gasteiger partial charge in [-0.3, -0.25) is 13.7 Å². The predicted molar refractivity (Wildman–Crippen MR) is 221 cm³/mol. The lowest BCUT2D eigenvalue weighted by atomic mass is 9.77. The quantitative estimate of drug-likeness (QED) is 0.0640. The highest BCUT2D eigenvalue weighted by molar-refractivity contribution is 7.86. The van der Waals surface area contributed by atoms with Crippen LogP contribution in [0.15, 0.2) is 60.3 Å². The van der Waals surface area contributed by atoms with Gasteiger partial charge in [0.05, 0.1) is 56.1 Å². The number of fused-ring (bicyclic) bond motifs is 2. The van der Waals surface area contributed by atoms with E-state index in [4.69, 9.17) is 21.9 Å². The molecule has 2 aromatic rings. The molecule has 0 aliphatic carbocycles. The van der Waals surface area contributed by atoms with E-state index in [1.807, 2.05) is 17.9 Å². The zero-order valence-electron chi connectivity index (χ0n) is 33.5. The monoisotopic (exact) mass is 970 g/mol. The molecule has 2 aliphatic rings.